The van der Waals surface area contributed by atoms with Crippen LogP contribution in [0.2, 0.25) is 0 Å². The summed E-state index contributed by atoms with van der Waals surface area (Å²) in [5.41, 5.74) is 2.60. The van der Waals surface area contributed by atoms with E-state index in [9.17, 15) is 9.59 Å². The predicted octanol–water partition coefficient (Wildman–Crippen LogP) is 4.68. The number of fused-ring (bicyclic) bond motifs is 1. The fraction of sp³-hybridized carbons (Fsp3) is 0.630. The molecule has 0 aromatic heterocycles. The normalized spacial score (nSPS) is 24.3. The van der Waals surface area contributed by atoms with Crippen molar-refractivity contribution in [1.29, 1.82) is 0 Å². The number of carbonyl (C=O) groups excluding carboxylic acids is 2. The molecule has 5 nitrogen and oxygen atoms in total. The van der Waals surface area contributed by atoms with Gasteiger partial charge in [-0.05, 0) is 54.4 Å². The number of rotatable bonds is 7. The Hall–Kier alpha value is -1.66. The molecule has 1 aromatic carbocycles. The summed E-state index contributed by atoms with van der Waals surface area (Å²) in [6.45, 7) is 14.4. The zero-order valence-electron chi connectivity index (χ0n) is 20.5. The number of hydrogen-bond acceptors (Lipinski definition) is 3. The van der Waals surface area contributed by atoms with Gasteiger partial charge in [0, 0.05) is 61.8 Å². The Bertz CT molecular complexity index is 900. The van der Waals surface area contributed by atoms with Gasteiger partial charge in [-0.2, -0.15) is 0 Å². The van der Waals surface area contributed by atoms with Gasteiger partial charge < -0.3 is 9.80 Å². The first-order valence-corrected chi connectivity index (χ1v) is 13.2. The summed E-state index contributed by atoms with van der Waals surface area (Å²) in [6, 6.07) is 7.58. The number of benzene rings is 1. The van der Waals surface area contributed by atoms with E-state index < -0.39 is 0 Å². The monoisotopic (exact) mass is 515 g/mol. The highest BCUT2D eigenvalue weighted by Crippen LogP contribution is 2.59. The Labute approximate surface area is 207 Å². The maximum absolute atomic E-state index is 13.0. The second-order valence-corrected chi connectivity index (χ2v) is 11.8. The average molecular weight is 517 g/mol. The van der Waals surface area contributed by atoms with Gasteiger partial charge in [-0.1, -0.05) is 55.3 Å². The molecular formula is C27H38BrN3O2. The lowest BCUT2D eigenvalue weighted by Crippen LogP contribution is -2.52. The lowest BCUT2D eigenvalue weighted by atomic mass is 9.49. The molecule has 5 rings (SSSR count). The second kappa shape index (κ2) is 9.91. The highest BCUT2D eigenvalue weighted by Gasteiger charge is 2.51. The van der Waals surface area contributed by atoms with E-state index in [-0.39, 0.29) is 17.7 Å². The number of allylic oxidation sites excluding steroid dienone is 1. The van der Waals surface area contributed by atoms with Crippen molar-refractivity contribution in [3.05, 3.63) is 46.0 Å². The zero-order chi connectivity index (χ0) is 23.8. The molecule has 0 radical (unpaired) electrons. The van der Waals surface area contributed by atoms with Crippen LogP contribution in [0.25, 0.3) is 0 Å². The largest absolute Gasteiger partial charge is 0.337 e. The molecule has 6 heteroatoms. The van der Waals surface area contributed by atoms with Crippen LogP contribution in [0.15, 0.2) is 40.4 Å². The Morgan fingerprint density at radius 3 is 2.36 bits per heavy atom. The molecule has 2 fully saturated rings. The number of nitrogens with zero attached hydrogens (tertiary/aromatic N) is 3. The third kappa shape index (κ3) is 5.22. The van der Waals surface area contributed by atoms with Crippen molar-refractivity contribution in [1.82, 2.24) is 14.7 Å². The maximum Gasteiger partial charge on any atom is 0.253 e. The van der Waals surface area contributed by atoms with Crippen LogP contribution >= 0.6 is 15.9 Å². The van der Waals surface area contributed by atoms with Gasteiger partial charge in [0.15, 0.2) is 0 Å². The van der Waals surface area contributed by atoms with Gasteiger partial charge in [-0.25, -0.2) is 0 Å². The summed E-state index contributed by atoms with van der Waals surface area (Å²) < 4.78 is 0.981. The standard InChI is InChI=1S/C27H38BrN3O2/c1-19(2)25(32)31(18-21-5-8-22-17-24(21)27(22,3)4)16-13-29-11-14-30(15-12-29)26(33)20-6-9-23(28)10-7-20/h5-7,9-10,19,22,24H,8,11-18H2,1-4H3. The first-order chi connectivity index (χ1) is 15.7. The SMILES string of the molecule is CC(C)C(=O)N(CCN1CCN(C(=O)c2ccc(Br)cc2)CC1)CC1=CCC2CC1C2(C)C. The van der Waals surface area contributed by atoms with Crippen molar-refractivity contribution >= 4 is 27.7 Å². The van der Waals surface area contributed by atoms with Gasteiger partial charge in [0.2, 0.25) is 5.91 Å². The van der Waals surface area contributed by atoms with Crippen molar-refractivity contribution in [2.45, 2.75) is 40.5 Å². The fourth-order valence-corrected chi connectivity index (χ4v) is 5.98. The molecule has 1 heterocycles. The molecule has 1 aromatic rings. The number of piperazine rings is 1. The van der Waals surface area contributed by atoms with Crippen LogP contribution in [0.3, 0.4) is 0 Å². The first kappa shape index (κ1) is 24.5. The van der Waals surface area contributed by atoms with Crippen molar-refractivity contribution in [2.24, 2.45) is 23.2 Å². The molecule has 2 amide bonds. The third-order valence-corrected chi connectivity index (χ3v) is 8.73. The molecule has 2 atom stereocenters. The minimum Gasteiger partial charge on any atom is -0.337 e. The molecule has 0 spiro atoms. The van der Waals surface area contributed by atoms with Gasteiger partial charge in [0.05, 0.1) is 0 Å². The summed E-state index contributed by atoms with van der Waals surface area (Å²) >= 11 is 3.43. The lowest BCUT2D eigenvalue weighted by Gasteiger charge is -2.57. The minimum atomic E-state index is 0.0108. The summed E-state index contributed by atoms with van der Waals surface area (Å²) in [4.78, 5) is 32.2. The van der Waals surface area contributed by atoms with E-state index in [4.69, 9.17) is 0 Å². The molecule has 2 unspecified atom stereocenters. The van der Waals surface area contributed by atoms with E-state index in [1.807, 2.05) is 43.0 Å². The van der Waals surface area contributed by atoms with Gasteiger partial charge in [-0.15, -0.1) is 0 Å². The fourth-order valence-electron chi connectivity index (χ4n) is 5.72. The van der Waals surface area contributed by atoms with Gasteiger partial charge in [0.25, 0.3) is 5.91 Å². The summed E-state index contributed by atoms with van der Waals surface area (Å²) in [5, 5.41) is 0. The van der Waals surface area contributed by atoms with Gasteiger partial charge >= 0.3 is 0 Å². The molecule has 2 bridgehead atoms. The molecule has 4 aliphatic rings. The molecule has 3 aliphatic carbocycles. The van der Waals surface area contributed by atoms with Crippen LogP contribution in [0.4, 0.5) is 0 Å². The van der Waals surface area contributed by atoms with E-state index in [1.165, 1.54) is 12.0 Å². The van der Waals surface area contributed by atoms with Crippen LogP contribution in [0.5, 0.6) is 0 Å². The Morgan fingerprint density at radius 1 is 1.12 bits per heavy atom. The number of hydrogen-bond donors (Lipinski definition) is 0. The Morgan fingerprint density at radius 2 is 1.79 bits per heavy atom. The summed E-state index contributed by atoms with van der Waals surface area (Å²) in [6.07, 6.45) is 4.87. The maximum atomic E-state index is 13.0. The zero-order valence-corrected chi connectivity index (χ0v) is 22.1. The van der Waals surface area contributed by atoms with Crippen LogP contribution in [-0.4, -0.2) is 72.3 Å². The van der Waals surface area contributed by atoms with Crippen molar-refractivity contribution < 1.29 is 9.59 Å². The van der Waals surface area contributed by atoms with Crippen LogP contribution < -0.4 is 0 Å². The molecule has 0 N–H and O–H groups in total. The highest BCUT2D eigenvalue weighted by atomic mass is 79.9. The third-order valence-electron chi connectivity index (χ3n) is 8.20. The Kier molecular flexibility index (Phi) is 7.35. The van der Waals surface area contributed by atoms with Crippen LogP contribution in [0.1, 0.15) is 50.9 Å². The average Bonchev–Trinajstić information content (AvgIpc) is 2.81. The van der Waals surface area contributed by atoms with E-state index in [0.29, 0.717) is 11.3 Å². The van der Waals surface area contributed by atoms with E-state index in [2.05, 4.69) is 45.7 Å². The van der Waals surface area contributed by atoms with Crippen LogP contribution in [0, 0.1) is 23.2 Å². The van der Waals surface area contributed by atoms with Crippen molar-refractivity contribution in [3.63, 3.8) is 0 Å². The minimum absolute atomic E-state index is 0.0108. The quantitative estimate of drug-likeness (QED) is 0.495. The molecular weight excluding hydrogens is 478 g/mol. The molecule has 180 valence electrons. The molecule has 1 saturated carbocycles. The number of amides is 2. The molecule has 1 saturated heterocycles. The van der Waals surface area contributed by atoms with E-state index >= 15 is 0 Å². The second-order valence-electron chi connectivity index (χ2n) is 10.9. The van der Waals surface area contributed by atoms with Gasteiger partial charge in [0.1, 0.15) is 0 Å². The molecule has 33 heavy (non-hydrogen) atoms. The predicted molar refractivity (Wildman–Crippen MR) is 136 cm³/mol. The van der Waals surface area contributed by atoms with Crippen molar-refractivity contribution in [3.8, 4) is 0 Å². The lowest BCUT2D eigenvalue weighted by molar-refractivity contribution is -0.134. The molecule has 1 aliphatic heterocycles. The topological polar surface area (TPSA) is 43.9 Å². The smallest absolute Gasteiger partial charge is 0.253 e. The summed E-state index contributed by atoms with van der Waals surface area (Å²) in [5.74, 6) is 1.81. The van der Waals surface area contributed by atoms with Crippen LogP contribution in [-0.2, 0) is 4.79 Å². The van der Waals surface area contributed by atoms with E-state index in [1.54, 1.807) is 0 Å². The Balaban J connectivity index is 1.30. The van der Waals surface area contributed by atoms with Crippen molar-refractivity contribution in [2.75, 3.05) is 45.8 Å². The highest BCUT2D eigenvalue weighted by molar-refractivity contribution is 9.10. The van der Waals surface area contributed by atoms with E-state index in [0.717, 1.165) is 68.2 Å². The van der Waals surface area contributed by atoms with Gasteiger partial charge in [-0.3, -0.25) is 14.5 Å². The number of halogens is 1. The summed E-state index contributed by atoms with van der Waals surface area (Å²) in [7, 11) is 0. The number of carbonyl (C=O) groups is 2. The first-order valence-electron chi connectivity index (χ1n) is 12.4.